The Labute approximate surface area is 121 Å². The number of nitrogens with one attached hydrogen (secondary N) is 2. The van der Waals surface area contributed by atoms with E-state index in [1.165, 1.54) is 5.56 Å². The van der Waals surface area contributed by atoms with Gasteiger partial charge in [0.25, 0.3) is 5.56 Å². The molecule has 106 valence electrons. The molecule has 3 aromatic rings. The quantitative estimate of drug-likeness (QED) is 0.682. The van der Waals surface area contributed by atoms with E-state index in [9.17, 15) is 4.79 Å². The van der Waals surface area contributed by atoms with Crippen LogP contribution in [0.4, 0.5) is 17.1 Å². The number of nitrogens with zero attached hydrogens (tertiary/aromatic N) is 2. The number of hydrogen-bond acceptors (Lipinski definition) is 4. The van der Waals surface area contributed by atoms with Gasteiger partial charge in [-0.05, 0) is 11.6 Å². The van der Waals surface area contributed by atoms with Gasteiger partial charge in [0.05, 0.1) is 24.1 Å². The zero-order valence-corrected chi connectivity index (χ0v) is 11.3. The summed E-state index contributed by atoms with van der Waals surface area (Å²) in [6, 6.07) is 11.8. The fraction of sp³-hybridized carbons (Fsp3) is 0.0667. The van der Waals surface area contributed by atoms with Gasteiger partial charge in [-0.25, -0.2) is 0 Å². The zero-order chi connectivity index (χ0) is 14.7. The second kappa shape index (κ2) is 5.54. The summed E-state index contributed by atoms with van der Waals surface area (Å²) >= 11 is 0. The molecule has 0 bridgehead atoms. The number of benzene rings is 1. The number of H-pyrrole nitrogens is 1. The summed E-state index contributed by atoms with van der Waals surface area (Å²) in [7, 11) is 0. The number of aromatic nitrogens is 3. The maximum absolute atomic E-state index is 11.4. The van der Waals surface area contributed by atoms with E-state index in [1.807, 2.05) is 41.2 Å². The molecule has 0 saturated heterocycles. The molecule has 21 heavy (non-hydrogen) atoms. The fourth-order valence-electron chi connectivity index (χ4n) is 2.04. The van der Waals surface area contributed by atoms with Crippen LogP contribution in [0.25, 0.3) is 0 Å². The highest BCUT2D eigenvalue weighted by atomic mass is 16.1. The Morgan fingerprint density at radius 3 is 2.86 bits per heavy atom. The summed E-state index contributed by atoms with van der Waals surface area (Å²) < 4.78 is 1.82. The molecule has 0 atom stereocenters. The van der Waals surface area contributed by atoms with Crippen molar-refractivity contribution in [3.63, 3.8) is 0 Å². The third-order valence-corrected chi connectivity index (χ3v) is 3.10. The lowest BCUT2D eigenvalue weighted by molar-refractivity contribution is 0.687. The molecule has 3 rings (SSSR count). The van der Waals surface area contributed by atoms with E-state index < -0.39 is 0 Å². The van der Waals surface area contributed by atoms with Crippen LogP contribution in [0.3, 0.4) is 0 Å². The van der Waals surface area contributed by atoms with Crippen LogP contribution in [0.15, 0.2) is 59.8 Å². The molecule has 0 amide bonds. The van der Waals surface area contributed by atoms with Crippen molar-refractivity contribution in [3.05, 3.63) is 70.9 Å². The van der Waals surface area contributed by atoms with Crippen LogP contribution in [0.1, 0.15) is 5.56 Å². The summed E-state index contributed by atoms with van der Waals surface area (Å²) in [6.45, 7) is 0.688. The fourth-order valence-corrected chi connectivity index (χ4v) is 2.04. The van der Waals surface area contributed by atoms with Gasteiger partial charge >= 0.3 is 0 Å². The Morgan fingerprint density at radius 2 is 2.05 bits per heavy atom. The van der Waals surface area contributed by atoms with Crippen LogP contribution in [0, 0.1) is 0 Å². The van der Waals surface area contributed by atoms with Gasteiger partial charge in [-0.15, -0.1) is 0 Å². The van der Waals surface area contributed by atoms with Gasteiger partial charge < -0.3 is 16.0 Å². The molecule has 2 aromatic heterocycles. The van der Waals surface area contributed by atoms with Gasteiger partial charge in [0, 0.05) is 12.4 Å². The molecule has 0 radical (unpaired) electrons. The Hall–Kier alpha value is -3.02. The van der Waals surface area contributed by atoms with E-state index in [0.717, 1.165) is 5.69 Å². The molecule has 0 spiro atoms. The Morgan fingerprint density at radius 1 is 1.24 bits per heavy atom. The lowest BCUT2D eigenvalue weighted by atomic mass is 10.2. The van der Waals surface area contributed by atoms with E-state index in [0.29, 0.717) is 12.2 Å². The summed E-state index contributed by atoms with van der Waals surface area (Å²) in [5, 5.41) is 7.38. The van der Waals surface area contributed by atoms with Crippen LogP contribution in [0.5, 0.6) is 0 Å². The summed E-state index contributed by atoms with van der Waals surface area (Å²) in [5.74, 6) is 0. The highest BCUT2D eigenvalue weighted by Crippen LogP contribution is 2.18. The van der Waals surface area contributed by atoms with Crippen LogP contribution < -0.4 is 16.6 Å². The first-order valence-corrected chi connectivity index (χ1v) is 6.53. The number of nitrogens with two attached hydrogens (primary N) is 1. The smallest absolute Gasteiger partial charge is 0.273 e. The molecule has 0 saturated carbocycles. The molecule has 0 aliphatic carbocycles. The topological polar surface area (TPSA) is 88.7 Å². The first kappa shape index (κ1) is 13.0. The number of hydrogen-bond donors (Lipinski definition) is 3. The van der Waals surface area contributed by atoms with Crippen molar-refractivity contribution >= 4 is 17.1 Å². The van der Waals surface area contributed by atoms with Crippen molar-refractivity contribution in [2.45, 2.75) is 6.54 Å². The van der Waals surface area contributed by atoms with Gasteiger partial charge in [0.15, 0.2) is 0 Å². The molecule has 0 aliphatic heterocycles. The molecule has 6 heteroatoms. The van der Waals surface area contributed by atoms with Crippen molar-refractivity contribution in [1.29, 1.82) is 0 Å². The minimum Gasteiger partial charge on any atom is -0.393 e. The Bertz CT molecular complexity index is 791. The van der Waals surface area contributed by atoms with Crippen molar-refractivity contribution in [3.8, 4) is 0 Å². The third kappa shape index (κ3) is 2.94. The minimum atomic E-state index is -0.309. The van der Waals surface area contributed by atoms with Crippen molar-refractivity contribution in [1.82, 2.24) is 14.8 Å². The lowest BCUT2D eigenvalue weighted by Crippen LogP contribution is -2.12. The van der Waals surface area contributed by atoms with Crippen molar-refractivity contribution < 1.29 is 0 Å². The number of anilines is 3. The van der Waals surface area contributed by atoms with Crippen molar-refractivity contribution in [2.75, 3.05) is 11.1 Å². The zero-order valence-electron chi connectivity index (χ0n) is 11.3. The second-order valence-corrected chi connectivity index (χ2v) is 4.67. The lowest BCUT2D eigenvalue weighted by Gasteiger charge is -2.05. The average molecular weight is 281 g/mol. The van der Waals surface area contributed by atoms with Gasteiger partial charge in [-0.3, -0.25) is 9.48 Å². The largest absolute Gasteiger partial charge is 0.393 e. The Kier molecular flexibility index (Phi) is 3.42. The van der Waals surface area contributed by atoms with E-state index in [1.54, 1.807) is 18.5 Å². The van der Waals surface area contributed by atoms with Gasteiger partial charge in [-0.2, -0.15) is 5.10 Å². The number of nitrogen functional groups attached to an aromatic ring is 1. The normalized spacial score (nSPS) is 10.5. The molecular formula is C15H15N5O. The molecule has 1 aromatic carbocycles. The first-order chi connectivity index (χ1) is 10.2. The van der Waals surface area contributed by atoms with Gasteiger partial charge in [-0.1, -0.05) is 30.3 Å². The van der Waals surface area contributed by atoms with E-state index in [2.05, 4.69) is 15.4 Å². The van der Waals surface area contributed by atoms with Gasteiger partial charge in [0.2, 0.25) is 0 Å². The second-order valence-electron chi connectivity index (χ2n) is 4.67. The molecule has 0 unspecified atom stereocenters. The Balaban J connectivity index is 1.76. The monoisotopic (exact) mass is 281 g/mol. The van der Waals surface area contributed by atoms with Crippen LogP contribution in [0.2, 0.25) is 0 Å². The summed E-state index contributed by atoms with van der Waals surface area (Å²) in [5.41, 5.74) is 8.10. The predicted octanol–water partition coefficient (Wildman–Crippen LogP) is 1.95. The maximum Gasteiger partial charge on any atom is 0.273 e. The number of aromatic amines is 1. The highest BCUT2D eigenvalue weighted by Gasteiger charge is 2.05. The van der Waals surface area contributed by atoms with Crippen LogP contribution in [-0.2, 0) is 6.54 Å². The minimum absolute atomic E-state index is 0.160. The van der Waals surface area contributed by atoms with Crippen LogP contribution in [-0.4, -0.2) is 14.8 Å². The summed E-state index contributed by atoms with van der Waals surface area (Å²) in [6.07, 6.45) is 5.12. The molecule has 0 aliphatic rings. The first-order valence-electron chi connectivity index (χ1n) is 6.53. The maximum atomic E-state index is 11.4. The molecule has 6 nitrogen and oxygen atoms in total. The van der Waals surface area contributed by atoms with E-state index in [-0.39, 0.29) is 11.2 Å². The van der Waals surface area contributed by atoms with Gasteiger partial charge in [0.1, 0.15) is 5.69 Å². The van der Waals surface area contributed by atoms with Crippen molar-refractivity contribution in [2.24, 2.45) is 0 Å². The average Bonchev–Trinajstić information content (AvgIpc) is 2.92. The molecule has 0 fully saturated rings. The highest BCUT2D eigenvalue weighted by molar-refractivity contribution is 5.70. The van der Waals surface area contributed by atoms with Crippen LogP contribution >= 0.6 is 0 Å². The third-order valence-electron chi connectivity index (χ3n) is 3.10. The number of rotatable bonds is 4. The molecular weight excluding hydrogens is 266 g/mol. The summed E-state index contributed by atoms with van der Waals surface area (Å²) in [4.78, 5) is 14.0. The van der Waals surface area contributed by atoms with E-state index >= 15 is 0 Å². The predicted molar refractivity (Wildman–Crippen MR) is 82.5 cm³/mol. The molecule has 2 heterocycles. The standard InChI is InChI=1S/C15H15N5O/c16-14-13(6-7-17-15(14)21)19-12-8-18-20(10-12)9-11-4-2-1-3-5-11/h1-8,10H,9,16H2,(H2,17,19,21). The molecule has 4 N–H and O–H groups in total. The SMILES string of the molecule is Nc1c(Nc2cnn(Cc3ccccc3)c2)cc[nH]c1=O. The number of pyridine rings is 1. The van der Waals surface area contributed by atoms with E-state index in [4.69, 9.17) is 5.73 Å².